The average Bonchev–Trinajstić information content (AvgIpc) is 2.46. The highest BCUT2D eigenvalue weighted by atomic mass is 16.6. The Kier molecular flexibility index (Phi) is 4.68. The number of nitrogens with one attached hydrogen (secondary N) is 1. The summed E-state index contributed by atoms with van der Waals surface area (Å²) in [5, 5.41) is 2.78. The molecule has 1 heterocycles. The lowest BCUT2D eigenvalue weighted by Crippen LogP contribution is -2.68. The maximum absolute atomic E-state index is 12.0. The number of β-lactam (4-membered cyclic amide) rings is 1. The monoisotopic (exact) mass is 319 g/mol. The van der Waals surface area contributed by atoms with Crippen molar-refractivity contribution >= 4 is 11.9 Å². The smallest absolute Gasteiger partial charge is 0.338 e. The zero-order chi connectivity index (χ0) is 17.3. The molecule has 5 nitrogen and oxygen atoms in total. The number of carbonyl (C=O) groups is 2. The van der Waals surface area contributed by atoms with Gasteiger partial charge in [0.2, 0.25) is 5.91 Å². The fourth-order valence-electron chi connectivity index (χ4n) is 2.55. The van der Waals surface area contributed by atoms with E-state index in [1.165, 1.54) is 0 Å². The van der Waals surface area contributed by atoms with Crippen LogP contribution in [0.4, 0.5) is 0 Å². The molecular weight excluding hydrogens is 294 g/mol. The van der Waals surface area contributed by atoms with Gasteiger partial charge in [0.05, 0.1) is 5.56 Å². The van der Waals surface area contributed by atoms with Gasteiger partial charge in [-0.15, -0.1) is 0 Å². The molecule has 1 aromatic carbocycles. The molecule has 0 bridgehead atoms. The van der Waals surface area contributed by atoms with Gasteiger partial charge < -0.3 is 14.8 Å². The van der Waals surface area contributed by atoms with Crippen LogP contribution in [0.5, 0.6) is 5.75 Å². The van der Waals surface area contributed by atoms with Gasteiger partial charge in [-0.2, -0.15) is 0 Å². The van der Waals surface area contributed by atoms with Gasteiger partial charge in [-0.25, -0.2) is 4.79 Å². The van der Waals surface area contributed by atoms with E-state index in [2.05, 4.69) is 5.32 Å². The molecule has 2 atom stereocenters. The van der Waals surface area contributed by atoms with E-state index < -0.39 is 11.0 Å². The van der Waals surface area contributed by atoms with Crippen LogP contribution in [-0.2, 0) is 9.53 Å². The van der Waals surface area contributed by atoms with Crippen LogP contribution in [-0.4, -0.2) is 23.7 Å². The Balaban J connectivity index is 2.01. The third kappa shape index (κ3) is 3.84. The predicted molar refractivity (Wildman–Crippen MR) is 87.2 cm³/mol. The van der Waals surface area contributed by atoms with Gasteiger partial charge in [0.15, 0.2) is 6.23 Å². The fraction of sp³-hybridized carbons (Fsp3) is 0.556. The minimum Gasteiger partial charge on any atom is -0.470 e. The second-order valence-corrected chi connectivity index (χ2v) is 7.17. The molecule has 126 valence electrons. The van der Waals surface area contributed by atoms with E-state index in [1.54, 1.807) is 24.3 Å². The highest BCUT2D eigenvalue weighted by molar-refractivity contribution is 5.90. The van der Waals surface area contributed by atoms with Gasteiger partial charge in [0.1, 0.15) is 16.8 Å². The van der Waals surface area contributed by atoms with Crippen molar-refractivity contribution in [1.82, 2.24) is 5.32 Å². The van der Waals surface area contributed by atoms with Crippen molar-refractivity contribution in [3.63, 3.8) is 0 Å². The summed E-state index contributed by atoms with van der Waals surface area (Å²) in [4.78, 5) is 23.7. The van der Waals surface area contributed by atoms with Crippen molar-refractivity contribution in [2.45, 2.75) is 59.3 Å². The van der Waals surface area contributed by atoms with E-state index in [9.17, 15) is 9.59 Å². The van der Waals surface area contributed by atoms with E-state index >= 15 is 0 Å². The first-order chi connectivity index (χ1) is 10.7. The van der Waals surface area contributed by atoms with E-state index in [1.807, 2.05) is 34.6 Å². The molecule has 0 aromatic heterocycles. The molecule has 0 radical (unpaired) electrons. The van der Waals surface area contributed by atoms with Crippen molar-refractivity contribution in [2.24, 2.45) is 5.41 Å². The molecule has 1 aromatic rings. The molecule has 1 aliphatic heterocycles. The molecule has 5 heteroatoms. The Morgan fingerprint density at radius 3 is 2.35 bits per heavy atom. The van der Waals surface area contributed by atoms with E-state index in [0.29, 0.717) is 11.3 Å². The molecular formula is C18H25NO4. The van der Waals surface area contributed by atoms with E-state index in [-0.39, 0.29) is 18.1 Å². The molecule has 2 rings (SSSR count). The van der Waals surface area contributed by atoms with E-state index in [0.717, 1.165) is 12.8 Å². The number of hydrogen-bond donors (Lipinski definition) is 1. The van der Waals surface area contributed by atoms with Crippen molar-refractivity contribution in [1.29, 1.82) is 0 Å². The zero-order valence-corrected chi connectivity index (χ0v) is 14.4. The number of rotatable bonds is 5. The van der Waals surface area contributed by atoms with Gasteiger partial charge in [-0.05, 0) is 58.4 Å². The van der Waals surface area contributed by atoms with Crippen LogP contribution in [0.2, 0.25) is 0 Å². The molecule has 0 saturated carbocycles. The lowest BCUT2D eigenvalue weighted by atomic mass is 9.76. The van der Waals surface area contributed by atoms with Gasteiger partial charge in [-0.3, -0.25) is 4.79 Å². The Labute approximate surface area is 137 Å². The topological polar surface area (TPSA) is 64.6 Å². The molecule has 0 spiro atoms. The molecule has 1 N–H and O–H groups in total. The maximum Gasteiger partial charge on any atom is 0.338 e. The summed E-state index contributed by atoms with van der Waals surface area (Å²) in [6.45, 7) is 9.45. The molecule has 1 fully saturated rings. The molecule has 0 unspecified atom stereocenters. The van der Waals surface area contributed by atoms with Gasteiger partial charge in [0, 0.05) is 0 Å². The molecule has 1 amide bonds. The number of ether oxygens (including phenoxy) is 2. The molecule has 23 heavy (non-hydrogen) atoms. The van der Waals surface area contributed by atoms with Crippen molar-refractivity contribution in [3.8, 4) is 5.75 Å². The summed E-state index contributed by atoms with van der Waals surface area (Å²) in [7, 11) is 0. The quantitative estimate of drug-likeness (QED) is 0.668. The predicted octanol–water partition coefficient (Wildman–Crippen LogP) is 3.28. The van der Waals surface area contributed by atoms with Gasteiger partial charge >= 0.3 is 5.97 Å². The van der Waals surface area contributed by atoms with Crippen LogP contribution in [0.3, 0.4) is 0 Å². The minimum atomic E-state index is -0.523. The first-order valence-electron chi connectivity index (χ1n) is 7.97. The normalized spacial score (nSPS) is 23.7. The Morgan fingerprint density at radius 2 is 1.87 bits per heavy atom. The number of amides is 1. The molecule has 1 saturated heterocycles. The number of carbonyl (C=O) groups excluding carboxylic acids is 2. The second kappa shape index (κ2) is 6.22. The third-order valence-electron chi connectivity index (χ3n) is 3.87. The summed E-state index contributed by atoms with van der Waals surface area (Å²) in [6, 6.07) is 6.77. The first kappa shape index (κ1) is 17.3. The van der Waals surface area contributed by atoms with Crippen molar-refractivity contribution in [3.05, 3.63) is 29.8 Å². The van der Waals surface area contributed by atoms with Crippen LogP contribution in [0.1, 0.15) is 57.8 Å². The number of benzene rings is 1. The zero-order valence-electron chi connectivity index (χ0n) is 14.4. The Morgan fingerprint density at radius 1 is 1.26 bits per heavy atom. The molecule has 1 aliphatic rings. The van der Waals surface area contributed by atoms with Crippen LogP contribution in [0, 0.1) is 5.41 Å². The summed E-state index contributed by atoms with van der Waals surface area (Å²) in [5.74, 6) is 0.274. The highest BCUT2D eigenvalue weighted by Crippen LogP contribution is 2.36. The van der Waals surface area contributed by atoms with Gasteiger partial charge in [-0.1, -0.05) is 13.3 Å². The lowest BCUT2D eigenvalue weighted by molar-refractivity contribution is -0.159. The largest absolute Gasteiger partial charge is 0.470 e. The van der Waals surface area contributed by atoms with Gasteiger partial charge in [0.25, 0.3) is 0 Å². The average molecular weight is 319 g/mol. The summed E-state index contributed by atoms with van der Waals surface area (Å²) >= 11 is 0. The van der Waals surface area contributed by atoms with Crippen LogP contribution >= 0.6 is 0 Å². The highest BCUT2D eigenvalue weighted by Gasteiger charge is 2.52. The Hall–Kier alpha value is -2.04. The van der Waals surface area contributed by atoms with Crippen molar-refractivity contribution in [2.75, 3.05) is 0 Å². The Bertz CT molecular complexity index is 588. The maximum atomic E-state index is 12.0. The molecule has 0 aliphatic carbocycles. The standard InChI is InChI=1S/C18H25NO4/c1-6-11-18(5)15(21)19-16(18)22-13-9-7-12(8-10-13)14(20)23-17(2,3)4/h7-10,16H,6,11H2,1-5H3,(H,19,21)/t16-,18+/m1/s1. The first-order valence-corrected chi connectivity index (χ1v) is 7.97. The fourth-order valence-corrected chi connectivity index (χ4v) is 2.55. The van der Waals surface area contributed by atoms with Crippen LogP contribution in [0.25, 0.3) is 0 Å². The van der Waals surface area contributed by atoms with Crippen molar-refractivity contribution < 1.29 is 19.1 Å². The summed E-state index contributed by atoms with van der Waals surface area (Å²) in [6.07, 6.45) is 1.36. The SMILES string of the molecule is CCC[C@@]1(C)C(=O)N[C@@H]1Oc1ccc(C(=O)OC(C)(C)C)cc1. The second-order valence-electron chi connectivity index (χ2n) is 7.17. The minimum absolute atomic E-state index is 0.0229. The third-order valence-corrected chi connectivity index (χ3v) is 3.87. The van der Waals surface area contributed by atoms with E-state index in [4.69, 9.17) is 9.47 Å². The van der Waals surface area contributed by atoms with Crippen LogP contribution < -0.4 is 10.1 Å². The number of esters is 1. The summed E-state index contributed by atoms with van der Waals surface area (Å²) < 4.78 is 11.2. The number of hydrogen-bond acceptors (Lipinski definition) is 4. The lowest BCUT2D eigenvalue weighted by Gasteiger charge is -2.45. The summed E-state index contributed by atoms with van der Waals surface area (Å²) in [5.41, 5.74) is -0.538. The van der Waals surface area contributed by atoms with Crippen LogP contribution in [0.15, 0.2) is 24.3 Å².